The van der Waals surface area contributed by atoms with Crippen molar-refractivity contribution in [3.63, 3.8) is 0 Å². The van der Waals surface area contributed by atoms with Gasteiger partial charge in [0.1, 0.15) is 18.1 Å². The number of fused-ring (bicyclic) bond motifs is 1. The summed E-state index contributed by atoms with van der Waals surface area (Å²) in [6, 6.07) is 13.0. The highest BCUT2D eigenvalue weighted by Crippen LogP contribution is 2.33. The molecule has 0 aliphatic heterocycles. The average molecular weight is 370 g/mol. The first kappa shape index (κ1) is 18.7. The van der Waals surface area contributed by atoms with E-state index in [0.29, 0.717) is 18.1 Å². The van der Waals surface area contributed by atoms with E-state index in [9.17, 15) is 4.79 Å². The molecule has 1 aromatic heterocycles. The molecule has 0 fully saturated rings. The van der Waals surface area contributed by atoms with Crippen molar-refractivity contribution in [2.24, 2.45) is 0 Å². The molecule has 142 valence electrons. The number of nitrogens with zero attached hydrogens (tertiary/aromatic N) is 1. The second-order valence-corrected chi connectivity index (χ2v) is 6.11. The van der Waals surface area contributed by atoms with Crippen LogP contribution >= 0.6 is 0 Å². The molecule has 0 saturated carbocycles. The van der Waals surface area contributed by atoms with Crippen LogP contribution in [0.15, 0.2) is 47.0 Å². The minimum absolute atomic E-state index is 0.121. The third-order valence-corrected chi connectivity index (χ3v) is 4.02. The SMILES string of the molecule is COC[C@H](C)NC(=O)c1cc(COc2ccc(OC)c3ccccc23)on1. The first-order valence-corrected chi connectivity index (χ1v) is 8.56. The van der Waals surface area contributed by atoms with Gasteiger partial charge in [-0.15, -0.1) is 0 Å². The molecule has 7 heteroatoms. The predicted molar refractivity (Wildman–Crippen MR) is 100 cm³/mol. The Kier molecular flexibility index (Phi) is 5.93. The number of benzene rings is 2. The van der Waals surface area contributed by atoms with Gasteiger partial charge in [-0.1, -0.05) is 29.4 Å². The molecule has 0 radical (unpaired) electrons. The van der Waals surface area contributed by atoms with E-state index in [0.717, 1.165) is 16.5 Å². The molecule has 2 aromatic carbocycles. The van der Waals surface area contributed by atoms with Gasteiger partial charge in [0.2, 0.25) is 0 Å². The van der Waals surface area contributed by atoms with Crippen LogP contribution < -0.4 is 14.8 Å². The Morgan fingerprint density at radius 3 is 2.56 bits per heavy atom. The Morgan fingerprint density at radius 2 is 1.85 bits per heavy atom. The second kappa shape index (κ2) is 8.55. The summed E-state index contributed by atoms with van der Waals surface area (Å²) >= 11 is 0. The summed E-state index contributed by atoms with van der Waals surface area (Å²) < 4.78 is 21.5. The fourth-order valence-corrected chi connectivity index (χ4v) is 2.77. The van der Waals surface area contributed by atoms with Gasteiger partial charge >= 0.3 is 0 Å². The highest BCUT2D eigenvalue weighted by Gasteiger charge is 2.15. The maximum Gasteiger partial charge on any atom is 0.273 e. The summed E-state index contributed by atoms with van der Waals surface area (Å²) in [6.07, 6.45) is 0. The van der Waals surface area contributed by atoms with E-state index in [1.807, 2.05) is 43.3 Å². The molecular weight excluding hydrogens is 348 g/mol. The molecule has 0 aliphatic rings. The van der Waals surface area contributed by atoms with Gasteiger partial charge in [0.05, 0.1) is 13.7 Å². The van der Waals surface area contributed by atoms with Crippen LogP contribution in [0.3, 0.4) is 0 Å². The molecule has 1 heterocycles. The Bertz CT molecular complexity index is 922. The second-order valence-electron chi connectivity index (χ2n) is 6.11. The number of carbonyl (C=O) groups is 1. The van der Waals surface area contributed by atoms with Crippen LogP contribution in [0.1, 0.15) is 23.2 Å². The monoisotopic (exact) mass is 370 g/mol. The van der Waals surface area contributed by atoms with E-state index in [4.69, 9.17) is 18.7 Å². The largest absolute Gasteiger partial charge is 0.496 e. The lowest BCUT2D eigenvalue weighted by molar-refractivity contribution is 0.0896. The van der Waals surface area contributed by atoms with Gasteiger partial charge in [-0.25, -0.2) is 0 Å². The van der Waals surface area contributed by atoms with Crippen LogP contribution in [0.4, 0.5) is 0 Å². The van der Waals surface area contributed by atoms with Gasteiger partial charge in [0.15, 0.2) is 11.5 Å². The normalized spacial score (nSPS) is 12.0. The number of methoxy groups -OCH3 is 2. The van der Waals surface area contributed by atoms with Crippen LogP contribution in [0.25, 0.3) is 10.8 Å². The predicted octanol–water partition coefficient (Wildman–Crippen LogP) is 3.18. The molecule has 7 nitrogen and oxygen atoms in total. The molecule has 0 bridgehead atoms. The minimum Gasteiger partial charge on any atom is -0.496 e. The Balaban J connectivity index is 1.69. The summed E-state index contributed by atoms with van der Waals surface area (Å²) in [4.78, 5) is 12.1. The van der Waals surface area contributed by atoms with Gasteiger partial charge in [-0.3, -0.25) is 4.79 Å². The molecule has 1 N–H and O–H groups in total. The van der Waals surface area contributed by atoms with Gasteiger partial charge in [-0.05, 0) is 19.1 Å². The van der Waals surface area contributed by atoms with E-state index >= 15 is 0 Å². The number of aromatic nitrogens is 1. The lowest BCUT2D eigenvalue weighted by Crippen LogP contribution is -2.35. The third kappa shape index (κ3) is 4.38. The molecule has 3 aromatic rings. The van der Waals surface area contributed by atoms with E-state index in [-0.39, 0.29) is 24.2 Å². The maximum absolute atomic E-state index is 12.1. The van der Waals surface area contributed by atoms with Gasteiger partial charge in [0.25, 0.3) is 5.91 Å². The molecular formula is C20H22N2O5. The van der Waals surface area contributed by atoms with E-state index in [1.165, 1.54) is 0 Å². The standard InChI is InChI=1S/C20H22N2O5/c1-13(11-24-2)21-20(23)17-10-14(27-22-17)12-26-19-9-8-18(25-3)15-6-4-5-7-16(15)19/h4-10,13H,11-12H2,1-3H3,(H,21,23)/t13-/m0/s1. The lowest BCUT2D eigenvalue weighted by atomic mass is 10.1. The summed E-state index contributed by atoms with van der Waals surface area (Å²) in [5.41, 5.74) is 0.205. The van der Waals surface area contributed by atoms with Crippen molar-refractivity contribution in [1.29, 1.82) is 0 Å². The highest BCUT2D eigenvalue weighted by molar-refractivity contribution is 5.93. The van der Waals surface area contributed by atoms with Crippen LogP contribution in [0.5, 0.6) is 11.5 Å². The zero-order valence-corrected chi connectivity index (χ0v) is 15.5. The minimum atomic E-state index is -0.315. The van der Waals surface area contributed by atoms with Crippen molar-refractivity contribution in [2.75, 3.05) is 20.8 Å². The fourth-order valence-electron chi connectivity index (χ4n) is 2.77. The molecule has 0 unspecified atom stereocenters. The van der Waals surface area contributed by atoms with Crippen molar-refractivity contribution in [3.05, 3.63) is 53.9 Å². The third-order valence-electron chi connectivity index (χ3n) is 4.02. The number of amides is 1. The molecule has 1 amide bonds. The van der Waals surface area contributed by atoms with Gasteiger partial charge in [0, 0.05) is 30.0 Å². The highest BCUT2D eigenvalue weighted by atomic mass is 16.5. The van der Waals surface area contributed by atoms with Crippen molar-refractivity contribution >= 4 is 16.7 Å². The number of rotatable bonds is 8. The van der Waals surface area contributed by atoms with Crippen LogP contribution in [-0.2, 0) is 11.3 Å². The molecule has 3 rings (SSSR count). The quantitative estimate of drug-likeness (QED) is 0.656. The Morgan fingerprint density at radius 1 is 1.15 bits per heavy atom. The maximum atomic E-state index is 12.1. The van der Waals surface area contributed by atoms with Gasteiger partial charge in [-0.2, -0.15) is 0 Å². The summed E-state index contributed by atoms with van der Waals surface area (Å²) in [5, 5.41) is 8.48. The van der Waals surface area contributed by atoms with Crippen molar-refractivity contribution in [3.8, 4) is 11.5 Å². The first-order valence-electron chi connectivity index (χ1n) is 8.56. The zero-order chi connectivity index (χ0) is 19.2. The van der Waals surface area contributed by atoms with Crippen molar-refractivity contribution in [2.45, 2.75) is 19.6 Å². The Labute approximate surface area is 157 Å². The first-order chi connectivity index (χ1) is 13.1. The number of nitrogens with one attached hydrogen (secondary N) is 1. The fraction of sp³-hybridized carbons (Fsp3) is 0.300. The molecule has 27 heavy (non-hydrogen) atoms. The zero-order valence-electron chi connectivity index (χ0n) is 15.5. The van der Waals surface area contributed by atoms with E-state index < -0.39 is 0 Å². The van der Waals surface area contributed by atoms with E-state index in [2.05, 4.69) is 10.5 Å². The van der Waals surface area contributed by atoms with Crippen molar-refractivity contribution in [1.82, 2.24) is 10.5 Å². The molecule has 1 atom stereocenters. The van der Waals surface area contributed by atoms with Crippen LogP contribution in [0.2, 0.25) is 0 Å². The Hall–Kier alpha value is -3.06. The van der Waals surface area contributed by atoms with E-state index in [1.54, 1.807) is 20.3 Å². The number of hydrogen-bond acceptors (Lipinski definition) is 6. The van der Waals surface area contributed by atoms with Crippen LogP contribution in [0, 0.1) is 0 Å². The smallest absolute Gasteiger partial charge is 0.273 e. The summed E-state index contributed by atoms with van der Waals surface area (Å²) in [7, 11) is 3.22. The molecule has 0 aliphatic carbocycles. The molecule has 0 saturated heterocycles. The van der Waals surface area contributed by atoms with Crippen LogP contribution in [-0.4, -0.2) is 37.9 Å². The summed E-state index contributed by atoms with van der Waals surface area (Å²) in [5.74, 6) is 1.62. The van der Waals surface area contributed by atoms with Crippen molar-refractivity contribution < 1.29 is 23.5 Å². The average Bonchev–Trinajstić information content (AvgIpc) is 3.15. The number of ether oxygens (including phenoxy) is 3. The lowest BCUT2D eigenvalue weighted by Gasteiger charge is -2.11. The number of carbonyl (C=O) groups excluding carboxylic acids is 1. The summed E-state index contributed by atoms with van der Waals surface area (Å²) in [6.45, 7) is 2.43. The molecule has 0 spiro atoms. The van der Waals surface area contributed by atoms with Gasteiger partial charge < -0.3 is 24.1 Å². The topological polar surface area (TPSA) is 82.8 Å². The number of hydrogen-bond donors (Lipinski definition) is 1.